The second kappa shape index (κ2) is 2.16. The molecule has 0 bridgehead atoms. The Hall–Kier alpha value is -0.870. The molecule has 52 valence electrons. The molecule has 0 amide bonds. The zero-order valence-electron chi connectivity index (χ0n) is 4.18. The third-order valence-corrected chi connectivity index (χ3v) is 0.753. The summed E-state index contributed by atoms with van der Waals surface area (Å²) in [5, 5.41) is 0. The standard InChI is InChI=1S/C4H3F3O2/c5-1-2-8-3(6)4(7)9-2/h1,3-4H. The smallest absolute Gasteiger partial charge is 0.314 e. The Morgan fingerprint density at radius 2 is 1.67 bits per heavy atom. The van der Waals surface area contributed by atoms with Crippen LogP contribution in [0.3, 0.4) is 0 Å². The molecule has 0 radical (unpaired) electrons. The van der Waals surface area contributed by atoms with Crippen LogP contribution in [0.1, 0.15) is 0 Å². The summed E-state index contributed by atoms with van der Waals surface area (Å²) in [6.07, 6.45) is -4.55. The molecule has 2 atom stereocenters. The maximum Gasteiger partial charge on any atom is 0.314 e. The third kappa shape index (κ3) is 1.09. The van der Waals surface area contributed by atoms with Gasteiger partial charge < -0.3 is 9.47 Å². The summed E-state index contributed by atoms with van der Waals surface area (Å²) in [5.74, 6) is -0.755. The molecular weight excluding hydrogens is 137 g/mol. The molecule has 2 unspecified atom stereocenters. The minimum Gasteiger partial charge on any atom is -0.422 e. The lowest BCUT2D eigenvalue weighted by Crippen LogP contribution is -2.09. The Balaban J connectivity index is 2.54. The molecule has 0 aromatic rings. The normalized spacial score (nSPS) is 33.4. The first-order valence-corrected chi connectivity index (χ1v) is 2.16. The van der Waals surface area contributed by atoms with Crippen molar-refractivity contribution < 1.29 is 22.6 Å². The lowest BCUT2D eigenvalue weighted by atomic mass is 10.7. The van der Waals surface area contributed by atoms with Crippen LogP contribution in [0.25, 0.3) is 0 Å². The molecule has 0 aromatic carbocycles. The molecule has 9 heavy (non-hydrogen) atoms. The summed E-state index contributed by atoms with van der Waals surface area (Å²) in [7, 11) is 0. The van der Waals surface area contributed by atoms with E-state index in [0.717, 1.165) is 0 Å². The molecule has 1 heterocycles. The SMILES string of the molecule is FC=C1OC(F)C(F)O1. The molecule has 1 fully saturated rings. The van der Waals surface area contributed by atoms with Crippen molar-refractivity contribution in [3.63, 3.8) is 0 Å². The van der Waals surface area contributed by atoms with Crippen molar-refractivity contribution in [2.75, 3.05) is 0 Å². The average Bonchev–Trinajstić information content (AvgIpc) is 2.13. The Bertz CT molecular complexity index is 124. The van der Waals surface area contributed by atoms with Gasteiger partial charge in [0.25, 0.3) is 0 Å². The number of rotatable bonds is 0. The minimum atomic E-state index is -2.20. The number of ether oxygens (including phenoxy) is 2. The van der Waals surface area contributed by atoms with Crippen LogP contribution in [-0.4, -0.2) is 12.7 Å². The number of hydrogen-bond acceptors (Lipinski definition) is 2. The van der Waals surface area contributed by atoms with E-state index in [1.165, 1.54) is 0 Å². The average molecular weight is 140 g/mol. The molecular formula is C4H3F3O2. The maximum absolute atomic E-state index is 11.8. The highest BCUT2D eigenvalue weighted by Crippen LogP contribution is 2.23. The van der Waals surface area contributed by atoms with Crippen molar-refractivity contribution in [3.05, 3.63) is 12.3 Å². The summed E-state index contributed by atoms with van der Waals surface area (Å²) in [4.78, 5) is 0. The van der Waals surface area contributed by atoms with Gasteiger partial charge in [-0.2, -0.15) is 8.78 Å². The largest absolute Gasteiger partial charge is 0.422 e. The van der Waals surface area contributed by atoms with Crippen molar-refractivity contribution in [1.82, 2.24) is 0 Å². The molecule has 0 aliphatic carbocycles. The monoisotopic (exact) mass is 140 g/mol. The van der Waals surface area contributed by atoms with Gasteiger partial charge in [-0.25, -0.2) is 4.39 Å². The predicted octanol–water partition coefficient (Wildman–Crippen LogP) is 1.39. The number of alkyl halides is 2. The molecule has 0 aromatic heterocycles. The van der Waals surface area contributed by atoms with Gasteiger partial charge in [-0.1, -0.05) is 0 Å². The number of hydrogen-bond donors (Lipinski definition) is 0. The first-order chi connectivity index (χ1) is 4.24. The highest BCUT2D eigenvalue weighted by molar-refractivity contribution is 4.81. The quantitative estimate of drug-likeness (QED) is 0.506. The van der Waals surface area contributed by atoms with Crippen molar-refractivity contribution in [3.8, 4) is 0 Å². The summed E-state index contributed by atoms with van der Waals surface area (Å²) >= 11 is 0. The highest BCUT2D eigenvalue weighted by atomic mass is 19.2. The van der Waals surface area contributed by atoms with Gasteiger partial charge in [-0.15, -0.1) is 0 Å². The van der Waals surface area contributed by atoms with Crippen LogP contribution >= 0.6 is 0 Å². The van der Waals surface area contributed by atoms with Crippen LogP contribution in [0.15, 0.2) is 12.3 Å². The van der Waals surface area contributed by atoms with E-state index in [9.17, 15) is 13.2 Å². The van der Waals surface area contributed by atoms with Crippen LogP contribution in [0.4, 0.5) is 13.2 Å². The Morgan fingerprint density at radius 1 is 1.22 bits per heavy atom. The Morgan fingerprint density at radius 3 is 1.89 bits per heavy atom. The minimum absolute atomic E-state index is 0.147. The van der Waals surface area contributed by atoms with Gasteiger partial charge in [0.05, 0.1) is 0 Å². The molecule has 0 saturated carbocycles. The molecule has 1 rings (SSSR count). The van der Waals surface area contributed by atoms with E-state index in [1.807, 2.05) is 0 Å². The first-order valence-electron chi connectivity index (χ1n) is 2.16. The molecule has 2 nitrogen and oxygen atoms in total. The van der Waals surface area contributed by atoms with Crippen LogP contribution in [0.5, 0.6) is 0 Å². The topological polar surface area (TPSA) is 18.5 Å². The van der Waals surface area contributed by atoms with Crippen LogP contribution in [-0.2, 0) is 9.47 Å². The lowest BCUT2D eigenvalue weighted by molar-refractivity contribution is -0.0349. The van der Waals surface area contributed by atoms with Gasteiger partial charge in [0.2, 0.25) is 0 Å². The van der Waals surface area contributed by atoms with E-state index >= 15 is 0 Å². The van der Waals surface area contributed by atoms with Gasteiger partial charge in [-0.05, 0) is 0 Å². The molecule has 0 spiro atoms. The van der Waals surface area contributed by atoms with Gasteiger partial charge in [0, 0.05) is 0 Å². The van der Waals surface area contributed by atoms with Gasteiger partial charge in [0.1, 0.15) is 0 Å². The van der Waals surface area contributed by atoms with Crippen LogP contribution in [0, 0.1) is 0 Å². The molecule has 5 heteroatoms. The third-order valence-electron chi connectivity index (χ3n) is 0.753. The lowest BCUT2D eigenvalue weighted by Gasteiger charge is -1.93. The van der Waals surface area contributed by atoms with Crippen LogP contribution < -0.4 is 0 Å². The Kier molecular flexibility index (Phi) is 1.50. The van der Waals surface area contributed by atoms with E-state index in [0.29, 0.717) is 0 Å². The zero-order valence-corrected chi connectivity index (χ0v) is 4.18. The van der Waals surface area contributed by atoms with Crippen LogP contribution in [0.2, 0.25) is 0 Å². The maximum atomic E-state index is 11.8. The molecule has 0 N–H and O–H groups in total. The van der Waals surface area contributed by atoms with Crippen molar-refractivity contribution >= 4 is 0 Å². The van der Waals surface area contributed by atoms with E-state index in [1.54, 1.807) is 0 Å². The fourth-order valence-corrected chi connectivity index (χ4v) is 0.408. The van der Waals surface area contributed by atoms with Crippen molar-refractivity contribution in [2.45, 2.75) is 12.7 Å². The summed E-state index contributed by atoms with van der Waals surface area (Å²) in [5.41, 5.74) is 0. The van der Waals surface area contributed by atoms with E-state index in [2.05, 4.69) is 9.47 Å². The zero-order chi connectivity index (χ0) is 6.85. The van der Waals surface area contributed by atoms with Gasteiger partial charge >= 0.3 is 18.7 Å². The molecule has 1 saturated heterocycles. The van der Waals surface area contributed by atoms with Crippen molar-refractivity contribution in [2.24, 2.45) is 0 Å². The van der Waals surface area contributed by atoms with E-state index in [4.69, 9.17) is 0 Å². The predicted molar refractivity (Wildman–Crippen MR) is 21.2 cm³/mol. The summed E-state index contributed by atoms with van der Waals surface area (Å²) in [6, 6.07) is 0. The van der Waals surface area contributed by atoms with E-state index < -0.39 is 18.7 Å². The Labute approximate surface area is 48.9 Å². The fraction of sp³-hybridized carbons (Fsp3) is 0.500. The summed E-state index contributed by atoms with van der Waals surface area (Å²) < 4.78 is 42.6. The second-order valence-corrected chi connectivity index (χ2v) is 1.37. The van der Waals surface area contributed by atoms with Gasteiger partial charge in [0.15, 0.2) is 6.33 Å². The second-order valence-electron chi connectivity index (χ2n) is 1.37. The fourth-order valence-electron chi connectivity index (χ4n) is 0.408. The molecule has 1 aliphatic rings. The first kappa shape index (κ1) is 6.25. The van der Waals surface area contributed by atoms with Crippen molar-refractivity contribution in [1.29, 1.82) is 0 Å². The molecule has 1 aliphatic heterocycles. The highest BCUT2D eigenvalue weighted by Gasteiger charge is 2.33. The number of halogens is 3. The van der Waals surface area contributed by atoms with E-state index in [-0.39, 0.29) is 6.33 Å². The van der Waals surface area contributed by atoms with Gasteiger partial charge in [-0.3, -0.25) is 0 Å². The summed E-state index contributed by atoms with van der Waals surface area (Å²) in [6.45, 7) is 0.